The van der Waals surface area contributed by atoms with Crippen molar-refractivity contribution < 1.29 is 0 Å². The summed E-state index contributed by atoms with van der Waals surface area (Å²) < 4.78 is 0. The first kappa shape index (κ1) is 4.95. The molecule has 0 unspecified atom stereocenters. The third kappa shape index (κ3) is 3.95. The fraction of sp³-hybridized carbons (Fsp3) is 0.500. The highest BCUT2D eigenvalue weighted by Crippen LogP contribution is 1.56. The van der Waals surface area contributed by atoms with Crippen molar-refractivity contribution in [2.24, 2.45) is 0 Å². The van der Waals surface area contributed by atoms with Gasteiger partial charge < -0.3 is 5.23 Å². The largest absolute Gasteiger partial charge is 0.429 e. The van der Waals surface area contributed by atoms with E-state index in [-0.39, 0.29) is 0 Å². The number of rotatable bonds is 0. The molecule has 0 rings (SSSR count). The molecule has 0 amide bonds. The molecular formula is C2H6BNS. The Morgan fingerprint density at radius 3 is 2.20 bits per heavy atom. The molecule has 0 aliphatic rings. The van der Waals surface area contributed by atoms with E-state index in [4.69, 9.17) is 0 Å². The van der Waals surface area contributed by atoms with Crippen LogP contribution in [-0.2, 0) is 0 Å². The van der Waals surface area contributed by atoms with Crippen LogP contribution in [0, 0.1) is 0 Å². The topological polar surface area (TPSA) is 12.0 Å². The molecule has 5 heavy (non-hydrogen) atoms. The standard InChI is InChI=1S/C2H6BNS/c1-2(5)4-3/h3H2,1H3,(H,4,5). The molecule has 0 saturated carbocycles. The number of hydrogen-bond acceptors (Lipinski definition) is 1. The van der Waals surface area contributed by atoms with Crippen LogP contribution in [0.15, 0.2) is 0 Å². The zero-order chi connectivity index (χ0) is 4.28. The average molecular weight is 87.0 g/mol. The average Bonchev–Trinajstić information content (AvgIpc) is 1.38. The van der Waals surface area contributed by atoms with Crippen molar-refractivity contribution in [3.63, 3.8) is 0 Å². The minimum absolute atomic E-state index is 0.838. The quantitative estimate of drug-likeness (QED) is 0.315. The summed E-state index contributed by atoms with van der Waals surface area (Å²) in [6.07, 6.45) is 0. The lowest BCUT2D eigenvalue weighted by molar-refractivity contribution is 1.52. The molecule has 0 heterocycles. The SMILES string of the molecule is BNC(C)=S. The van der Waals surface area contributed by atoms with Crippen LogP contribution >= 0.6 is 12.2 Å². The lowest BCUT2D eigenvalue weighted by Crippen LogP contribution is -2.11. The lowest BCUT2D eigenvalue weighted by Gasteiger charge is -1.84. The highest BCUT2D eigenvalue weighted by Gasteiger charge is 1.66. The zero-order valence-electron chi connectivity index (χ0n) is 3.41. The second kappa shape index (κ2) is 2.21. The maximum absolute atomic E-state index is 4.59. The Bertz CT molecular complexity index is 44.9. The first-order valence-electron chi connectivity index (χ1n) is 1.45. The van der Waals surface area contributed by atoms with Gasteiger partial charge in [-0.15, -0.1) is 0 Å². The van der Waals surface area contributed by atoms with Crippen LogP contribution in [-0.4, -0.2) is 13.0 Å². The monoisotopic (exact) mass is 87.0 g/mol. The Balaban J connectivity index is 2.85. The normalized spacial score (nSPS) is 6.60. The van der Waals surface area contributed by atoms with Crippen molar-refractivity contribution in [3.8, 4) is 0 Å². The molecule has 0 atom stereocenters. The van der Waals surface area contributed by atoms with Crippen LogP contribution in [0.3, 0.4) is 0 Å². The maximum atomic E-state index is 4.59. The van der Waals surface area contributed by atoms with Crippen molar-refractivity contribution in [2.45, 2.75) is 6.92 Å². The summed E-state index contributed by atoms with van der Waals surface area (Å²) in [6, 6.07) is 0. The van der Waals surface area contributed by atoms with Gasteiger partial charge in [0.05, 0.1) is 4.99 Å². The zero-order valence-corrected chi connectivity index (χ0v) is 4.22. The van der Waals surface area contributed by atoms with Gasteiger partial charge in [0.15, 0.2) is 0 Å². The van der Waals surface area contributed by atoms with Crippen LogP contribution in [0.1, 0.15) is 6.92 Å². The molecule has 3 heteroatoms. The summed E-state index contributed by atoms with van der Waals surface area (Å²) in [5.41, 5.74) is 0. The molecular weight excluding hydrogens is 80.9 g/mol. The van der Waals surface area contributed by atoms with E-state index in [2.05, 4.69) is 17.4 Å². The van der Waals surface area contributed by atoms with Crippen LogP contribution in [0.2, 0.25) is 0 Å². The van der Waals surface area contributed by atoms with Crippen LogP contribution in [0.5, 0.6) is 0 Å². The molecule has 0 fully saturated rings. The summed E-state index contributed by atoms with van der Waals surface area (Å²) in [4.78, 5) is 0.838. The molecule has 0 aromatic carbocycles. The summed E-state index contributed by atoms with van der Waals surface area (Å²) in [5, 5.41) is 2.76. The summed E-state index contributed by atoms with van der Waals surface area (Å²) in [5.74, 6) is 0. The smallest absolute Gasteiger partial charge is 0.214 e. The molecule has 0 spiro atoms. The summed E-state index contributed by atoms with van der Waals surface area (Å²) >= 11 is 4.59. The number of hydrogen-bond donors (Lipinski definition) is 1. The maximum Gasteiger partial charge on any atom is 0.214 e. The highest BCUT2D eigenvalue weighted by molar-refractivity contribution is 7.80. The third-order valence-electron chi connectivity index (χ3n) is 0.352. The summed E-state index contributed by atoms with van der Waals surface area (Å²) in [6.45, 7) is 1.84. The molecule has 0 saturated heterocycles. The van der Waals surface area contributed by atoms with Gasteiger partial charge in [0.1, 0.15) is 0 Å². The Hall–Kier alpha value is -0.0451. The molecule has 0 aromatic rings. The lowest BCUT2D eigenvalue weighted by atomic mass is 10.4. The molecule has 0 aromatic heterocycles. The van der Waals surface area contributed by atoms with Gasteiger partial charge >= 0.3 is 0 Å². The van der Waals surface area contributed by atoms with Gasteiger partial charge in [-0.05, 0) is 6.92 Å². The van der Waals surface area contributed by atoms with Crippen molar-refractivity contribution in [1.82, 2.24) is 5.23 Å². The molecule has 28 valence electrons. The molecule has 0 aliphatic heterocycles. The van der Waals surface area contributed by atoms with E-state index in [9.17, 15) is 0 Å². The van der Waals surface area contributed by atoms with Gasteiger partial charge in [0.25, 0.3) is 0 Å². The van der Waals surface area contributed by atoms with Crippen molar-refractivity contribution >= 4 is 25.2 Å². The van der Waals surface area contributed by atoms with Gasteiger partial charge in [0, 0.05) is 0 Å². The fourth-order valence-corrected chi connectivity index (χ4v) is 0. The predicted octanol–water partition coefficient (Wildman–Crippen LogP) is -0.529. The minimum atomic E-state index is 0.838. The van der Waals surface area contributed by atoms with E-state index in [1.54, 1.807) is 0 Å². The molecule has 1 N–H and O–H groups in total. The third-order valence-corrected chi connectivity index (χ3v) is 0.556. The van der Waals surface area contributed by atoms with Gasteiger partial charge in [-0.3, -0.25) is 0 Å². The number of nitrogens with one attached hydrogen (secondary N) is 1. The van der Waals surface area contributed by atoms with Gasteiger partial charge in [-0.1, -0.05) is 12.2 Å². The molecule has 0 aliphatic carbocycles. The van der Waals surface area contributed by atoms with Gasteiger partial charge in [-0.25, -0.2) is 0 Å². The molecule has 1 nitrogen and oxygen atoms in total. The first-order valence-corrected chi connectivity index (χ1v) is 1.86. The van der Waals surface area contributed by atoms with Crippen LogP contribution in [0.25, 0.3) is 0 Å². The Morgan fingerprint density at radius 1 is 2.00 bits per heavy atom. The molecule has 0 radical (unpaired) electrons. The van der Waals surface area contributed by atoms with Crippen molar-refractivity contribution in [1.29, 1.82) is 0 Å². The van der Waals surface area contributed by atoms with Crippen LogP contribution in [0.4, 0.5) is 0 Å². The Kier molecular flexibility index (Phi) is 2.19. The Labute approximate surface area is 38.2 Å². The predicted molar refractivity (Wildman–Crippen MR) is 30.0 cm³/mol. The minimum Gasteiger partial charge on any atom is -0.429 e. The van der Waals surface area contributed by atoms with Crippen molar-refractivity contribution in [2.75, 3.05) is 0 Å². The van der Waals surface area contributed by atoms with Crippen molar-refractivity contribution in [3.05, 3.63) is 0 Å². The molecule has 0 bridgehead atoms. The fourth-order valence-electron chi connectivity index (χ4n) is 0. The van der Waals surface area contributed by atoms with E-state index >= 15 is 0 Å². The van der Waals surface area contributed by atoms with E-state index in [1.165, 1.54) is 0 Å². The second-order valence-electron chi connectivity index (χ2n) is 0.806. The summed E-state index contributed by atoms with van der Waals surface area (Å²) in [7, 11) is 1.81. The Morgan fingerprint density at radius 2 is 2.20 bits per heavy atom. The van der Waals surface area contributed by atoms with E-state index in [0.29, 0.717) is 0 Å². The van der Waals surface area contributed by atoms with E-state index in [0.717, 1.165) is 4.99 Å². The van der Waals surface area contributed by atoms with Crippen LogP contribution < -0.4 is 5.23 Å². The van der Waals surface area contributed by atoms with E-state index in [1.807, 2.05) is 14.9 Å². The number of thiocarbonyl (C=S) groups is 1. The van der Waals surface area contributed by atoms with Gasteiger partial charge in [0.2, 0.25) is 7.98 Å². The van der Waals surface area contributed by atoms with E-state index < -0.39 is 0 Å². The highest BCUT2D eigenvalue weighted by atomic mass is 32.1. The van der Waals surface area contributed by atoms with Gasteiger partial charge in [-0.2, -0.15) is 0 Å². The first-order chi connectivity index (χ1) is 2.27. The second-order valence-corrected chi connectivity index (χ2v) is 1.42.